The van der Waals surface area contributed by atoms with Crippen molar-refractivity contribution in [2.45, 2.75) is 13.0 Å². The van der Waals surface area contributed by atoms with E-state index in [-0.39, 0.29) is 6.04 Å². The number of nitrogens with zero attached hydrogens (tertiary/aromatic N) is 1. The predicted molar refractivity (Wildman–Crippen MR) is 41.6 cm³/mol. The van der Waals surface area contributed by atoms with Crippen molar-refractivity contribution >= 4 is 11.3 Å². The molecule has 0 amide bonds. The fourth-order valence-corrected chi connectivity index (χ4v) is 1.44. The van der Waals surface area contributed by atoms with Crippen LogP contribution in [0.1, 0.15) is 23.4 Å². The second-order valence-corrected chi connectivity index (χ2v) is 3.08. The molecule has 0 aliphatic rings. The van der Waals surface area contributed by atoms with Crippen molar-refractivity contribution in [3.05, 3.63) is 21.9 Å². The van der Waals surface area contributed by atoms with Crippen LogP contribution in [-0.4, -0.2) is 0 Å². The summed E-state index contributed by atoms with van der Waals surface area (Å²) in [5, 5.41) is 10.3. The van der Waals surface area contributed by atoms with E-state index in [4.69, 9.17) is 11.0 Å². The fourth-order valence-electron chi connectivity index (χ4n) is 0.650. The van der Waals surface area contributed by atoms with Gasteiger partial charge in [-0.15, -0.1) is 11.3 Å². The summed E-state index contributed by atoms with van der Waals surface area (Å²) in [7, 11) is 0. The van der Waals surface area contributed by atoms with Crippen LogP contribution in [0.4, 0.5) is 0 Å². The molecular weight excluding hydrogens is 144 g/mol. The largest absolute Gasteiger partial charge is 0.324 e. The number of nitriles is 1. The molecule has 0 radical (unpaired) electrons. The van der Waals surface area contributed by atoms with Gasteiger partial charge in [0.2, 0.25) is 0 Å². The molecule has 1 aromatic heterocycles. The number of hydrogen-bond donors (Lipinski definition) is 1. The summed E-state index contributed by atoms with van der Waals surface area (Å²) < 4.78 is 0. The van der Waals surface area contributed by atoms with Gasteiger partial charge < -0.3 is 5.73 Å². The van der Waals surface area contributed by atoms with Crippen LogP contribution in [0.5, 0.6) is 0 Å². The van der Waals surface area contributed by atoms with Crippen molar-refractivity contribution in [2.24, 2.45) is 5.73 Å². The minimum Gasteiger partial charge on any atom is -0.324 e. The molecule has 0 bridgehead atoms. The molecule has 1 rings (SSSR count). The zero-order valence-electron chi connectivity index (χ0n) is 5.66. The van der Waals surface area contributed by atoms with E-state index >= 15 is 0 Å². The van der Waals surface area contributed by atoms with Gasteiger partial charge in [-0.2, -0.15) is 5.26 Å². The first kappa shape index (κ1) is 7.26. The maximum Gasteiger partial charge on any atom is 0.100 e. The van der Waals surface area contributed by atoms with E-state index in [1.54, 1.807) is 0 Å². The Kier molecular flexibility index (Phi) is 2.05. The SMILES string of the molecule is CC(N)c1cc(C#N)cs1. The molecule has 2 nitrogen and oxygen atoms in total. The summed E-state index contributed by atoms with van der Waals surface area (Å²) in [5.41, 5.74) is 6.29. The molecule has 0 saturated carbocycles. The lowest BCUT2D eigenvalue weighted by Crippen LogP contribution is -2.01. The summed E-state index contributed by atoms with van der Waals surface area (Å²) in [5.74, 6) is 0. The van der Waals surface area contributed by atoms with Crippen LogP contribution in [0.3, 0.4) is 0 Å². The van der Waals surface area contributed by atoms with Crippen LogP contribution in [0.15, 0.2) is 11.4 Å². The molecule has 0 spiro atoms. The molecule has 1 heterocycles. The monoisotopic (exact) mass is 152 g/mol. The van der Waals surface area contributed by atoms with Gasteiger partial charge in [-0.25, -0.2) is 0 Å². The van der Waals surface area contributed by atoms with Crippen molar-refractivity contribution in [1.82, 2.24) is 0 Å². The van der Waals surface area contributed by atoms with Gasteiger partial charge in [0.05, 0.1) is 5.56 Å². The molecule has 10 heavy (non-hydrogen) atoms. The Hall–Kier alpha value is -0.850. The van der Waals surface area contributed by atoms with Crippen LogP contribution in [0, 0.1) is 11.3 Å². The molecule has 0 fully saturated rings. The van der Waals surface area contributed by atoms with Gasteiger partial charge in [-0.3, -0.25) is 0 Å². The van der Waals surface area contributed by atoms with E-state index in [1.807, 2.05) is 18.4 Å². The Morgan fingerprint density at radius 3 is 2.80 bits per heavy atom. The molecule has 1 atom stereocenters. The summed E-state index contributed by atoms with van der Waals surface area (Å²) in [6.45, 7) is 1.91. The van der Waals surface area contributed by atoms with Crippen LogP contribution in [0.2, 0.25) is 0 Å². The highest BCUT2D eigenvalue weighted by Gasteiger charge is 2.01. The van der Waals surface area contributed by atoms with Crippen LogP contribution < -0.4 is 5.73 Å². The number of hydrogen-bond acceptors (Lipinski definition) is 3. The van der Waals surface area contributed by atoms with Gasteiger partial charge in [-0.1, -0.05) is 0 Å². The van der Waals surface area contributed by atoms with E-state index in [9.17, 15) is 0 Å². The Balaban J connectivity index is 2.91. The molecule has 1 unspecified atom stereocenters. The molecule has 0 saturated heterocycles. The highest BCUT2D eigenvalue weighted by molar-refractivity contribution is 7.10. The zero-order chi connectivity index (χ0) is 7.56. The standard InChI is InChI=1S/C7H8N2S/c1-5(9)7-2-6(3-8)4-10-7/h2,4-5H,9H2,1H3. The summed E-state index contributed by atoms with van der Waals surface area (Å²) in [6.07, 6.45) is 0. The van der Waals surface area contributed by atoms with Crippen molar-refractivity contribution in [3.8, 4) is 6.07 Å². The number of rotatable bonds is 1. The fraction of sp³-hybridized carbons (Fsp3) is 0.286. The normalized spacial score (nSPS) is 12.5. The molecule has 3 heteroatoms. The first-order valence-corrected chi connectivity index (χ1v) is 3.86. The Bertz CT molecular complexity index is 257. The minimum absolute atomic E-state index is 0.0482. The molecule has 2 N–H and O–H groups in total. The lowest BCUT2D eigenvalue weighted by atomic mass is 10.2. The predicted octanol–water partition coefficient (Wildman–Crippen LogP) is 1.64. The lowest BCUT2D eigenvalue weighted by molar-refractivity contribution is 0.838. The molecule has 0 aliphatic carbocycles. The third-order valence-electron chi connectivity index (χ3n) is 1.20. The third-order valence-corrected chi connectivity index (χ3v) is 2.33. The first-order valence-electron chi connectivity index (χ1n) is 2.98. The highest BCUT2D eigenvalue weighted by atomic mass is 32.1. The molecule has 0 aliphatic heterocycles. The highest BCUT2D eigenvalue weighted by Crippen LogP contribution is 2.19. The van der Waals surface area contributed by atoms with Gasteiger partial charge in [0.15, 0.2) is 0 Å². The summed E-state index contributed by atoms with van der Waals surface area (Å²) in [4.78, 5) is 1.07. The van der Waals surface area contributed by atoms with E-state index in [1.165, 1.54) is 11.3 Å². The molecule has 1 aromatic rings. The van der Waals surface area contributed by atoms with Crippen LogP contribution in [-0.2, 0) is 0 Å². The van der Waals surface area contributed by atoms with Crippen molar-refractivity contribution < 1.29 is 0 Å². The molecule has 52 valence electrons. The second kappa shape index (κ2) is 2.82. The Morgan fingerprint density at radius 2 is 2.50 bits per heavy atom. The number of nitrogens with two attached hydrogens (primary N) is 1. The Morgan fingerprint density at radius 1 is 1.80 bits per heavy atom. The zero-order valence-corrected chi connectivity index (χ0v) is 6.48. The van der Waals surface area contributed by atoms with E-state index < -0.39 is 0 Å². The van der Waals surface area contributed by atoms with E-state index in [0.29, 0.717) is 5.56 Å². The van der Waals surface area contributed by atoms with E-state index in [2.05, 4.69) is 6.07 Å². The van der Waals surface area contributed by atoms with Crippen LogP contribution in [0.25, 0.3) is 0 Å². The smallest absolute Gasteiger partial charge is 0.100 e. The average Bonchev–Trinajstić information content (AvgIpc) is 2.34. The van der Waals surface area contributed by atoms with Crippen molar-refractivity contribution in [2.75, 3.05) is 0 Å². The third kappa shape index (κ3) is 1.35. The summed E-state index contributed by atoms with van der Waals surface area (Å²) >= 11 is 1.53. The van der Waals surface area contributed by atoms with Crippen molar-refractivity contribution in [1.29, 1.82) is 5.26 Å². The first-order chi connectivity index (χ1) is 4.74. The minimum atomic E-state index is 0.0482. The maximum absolute atomic E-state index is 8.45. The lowest BCUT2D eigenvalue weighted by Gasteiger charge is -1.96. The van der Waals surface area contributed by atoms with E-state index in [0.717, 1.165) is 4.88 Å². The maximum atomic E-state index is 8.45. The van der Waals surface area contributed by atoms with Gasteiger partial charge >= 0.3 is 0 Å². The van der Waals surface area contributed by atoms with Gasteiger partial charge in [0.25, 0.3) is 0 Å². The average molecular weight is 152 g/mol. The molecule has 0 aromatic carbocycles. The summed E-state index contributed by atoms with van der Waals surface area (Å²) in [6, 6.07) is 3.93. The van der Waals surface area contributed by atoms with Gasteiger partial charge in [0.1, 0.15) is 6.07 Å². The molecular formula is C7H8N2S. The van der Waals surface area contributed by atoms with Crippen LogP contribution >= 0.6 is 11.3 Å². The Labute approximate surface area is 63.9 Å². The second-order valence-electron chi connectivity index (χ2n) is 2.14. The topological polar surface area (TPSA) is 49.8 Å². The number of thiophene rings is 1. The van der Waals surface area contributed by atoms with Gasteiger partial charge in [0, 0.05) is 16.3 Å². The van der Waals surface area contributed by atoms with Gasteiger partial charge in [-0.05, 0) is 13.0 Å². The quantitative estimate of drug-likeness (QED) is 0.665. The van der Waals surface area contributed by atoms with Crippen molar-refractivity contribution in [3.63, 3.8) is 0 Å².